The average molecular weight is 347 g/mol. The van der Waals surface area contributed by atoms with E-state index in [-0.39, 0.29) is 25.4 Å². The molecule has 5 nitrogen and oxygen atoms in total. The maximum atomic E-state index is 8.92. The van der Waals surface area contributed by atoms with Gasteiger partial charge in [0.15, 0.2) is 0 Å². The van der Waals surface area contributed by atoms with Gasteiger partial charge in [-0.25, -0.2) is 0 Å². The number of hydrogen-bond donors (Lipinski definition) is 3. The molecule has 3 atom stereocenters. The average Bonchev–Trinajstić information content (AvgIpc) is 2.51. The van der Waals surface area contributed by atoms with Gasteiger partial charge in [-0.1, -0.05) is 23.3 Å². The van der Waals surface area contributed by atoms with Crippen molar-refractivity contribution >= 4 is 0 Å². The normalized spacial score (nSPS) is 15.1. The van der Waals surface area contributed by atoms with Crippen LogP contribution in [-0.2, 0) is 9.47 Å². The smallest absolute Gasteiger partial charge is 0.0781 e. The molecule has 0 saturated heterocycles. The Bertz CT molecular complexity index is 333. The van der Waals surface area contributed by atoms with Gasteiger partial charge in [0.05, 0.1) is 44.7 Å². The lowest BCUT2D eigenvalue weighted by Crippen LogP contribution is -2.24. The summed E-state index contributed by atoms with van der Waals surface area (Å²) in [5, 5.41) is 26.1. The van der Waals surface area contributed by atoms with Crippen molar-refractivity contribution in [1.82, 2.24) is 0 Å². The molecule has 0 rings (SSSR count). The molecule has 0 aromatic rings. The number of rotatable bonds is 11. The molecule has 3 N–H and O–H groups in total. The highest BCUT2D eigenvalue weighted by Gasteiger charge is 2.07. The van der Waals surface area contributed by atoms with E-state index in [9.17, 15) is 0 Å². The first kappa shape index (κ1) is 25.5. The molecular formula is C19H38O5. The highest BCUT2D eigenvalue weighted by atomic mass is 16.5. The van der Waals surface area contributed by atoms with Crippen molar-refractivity contribution in [2.24, 2.45) is 0 Å². The van der Waals surface area contributed by atoms with Crippen molar-refractivity contribution in [2.45, 2.75) is 72.7 Å². The van der Waals surface area contributed by atoms with E-state index in [0.717, 1.165) is 12.8 Å². The maximum Gasteiger partial charge on any atom is 0.0781 e. The SMILES string of the molecule is CC(C)=CCC/C(C)=C/CO.CC(O)COC(C)COC(C)CO. The zero-order valence-corrected chi connectivity index (χ0v) is 16.3. The van der Waals surface area contributed by atoms with Crippen molar-refractivity contribution < 1.29 is 24.8 Å². The quantitative estimate of drug-likeness (QED) is 0.501. The molecule has 144 valence electrons. The lowest BCUT2D eigenvalue weighted by molar-refractivity contribution is -0.0620. The molecule has 0 heterocycles. The second-order valence-electron chi connectivity index (χ2n) is 6.37. The van der Waals surface area contributed by atoms with Crippen LogP contribution in [-0.4, -0.2) is 60.1 Å². The molecule has 0 amide bonds. The standard InChI is InChI=1S/C10H18O.C9H20O4/c1-9(2)5-4-6-10(3)7-8-11;1-7(11)5-12-9(3)6-13-8(2)4-10/h5,7,11H,4,6,8H2,1-3H3;7-11H,4-6H2,1-3H3/b10-7+;. The Kier molecular flexibility index (Phi) is 18.2. The van der Waals surface area contributed by atoms with E-state index in [1.807, 2.05) is 13.0 Å². The van der Waals surface area contributed by atoms with Crippen LogP contribution < -0.4 is 0 Å². The third-order valence-corrected chi connectivity index (χ3v) is 3.03. The topological polar surface area (TPSA) is 79.2 Å². The van der Waals surface area contributed by atoms with Gasteiger partial charge < -0.3 is 24.8 Å². The number of hydrogen-bond acceptors (Lipinski definition) is 5. The van der Waals surface area contributed by atoms with Gasteiger partial charge in [-0.05, 0) is 54.4 Å². The van der Waals surface area contributed by atoms with Crippen LogP contribution in [0.25, 0.3) is 0 Å². The molecule has 0 aromatic heterocycles. The number of allylic oxidation sites excluding steroid dienone is 3. The van der Waals surface area contributed by atoms with E-state index in [2.05, 4.69) is 26.8 Å². The summed E-state index contributed by atoms with van der Waals surface area (Å²) >= 11 is 0. The summed E-state index contributed by atoms with van der Waals surface area (Å²) in [5.74, 6) is 0. The zero-order chi connectivity index (χ0) is 19.0. The molecule has 0 bridgehead atoms. The van der Waals surface area contributed by atoms with E-state index >= 15 is 0 Å². The minimum atomic E-state index is -0.447. The Hall–Kier alpha value is -0.720. The van der Waals surface area contributed by atoms with Crippen molar-refractivity contribution in [3.8, 4) is 0 Å². The zero-order valence-electron chi connectivity index (χ0n) is 16.3. The van der Waals surface area contributed by atoms with Gasteiger partial charge in [-0.15, -0.1) is 0 Å². The first-order valence-electron chi connectivity index (χ1n) is 8.64. The van der Waals surface area contributed by atoms with E-state index in [4.69, 9.17) is 24.8 Å². The number of aliphatic hydroxyl groups is 3. The fraction of sp³-hybridized carbons (Fsp3) is 0.789. The first-order valence-corrected chi connectivity index (χ1v) is 8.64. The van der Waals surface area contributed by atoms with Gasteiger partial charge >= 0.3 is 0 Å². The molecule has 0 saturated carbocycles. The van der Waals surface area contributed by atoms with Gasteiger partial charge in [-0.2, -0.15) is 0 Å². The molecular weight excluding hydrogens is 308 g/mol. The molecule has 0 fully saturated rings. The van der Waals surface area contributed by atoms with Crippen LogP contribution in [0, 0.1) is 0 Å². The van der Waals surface area contributed by atoms with Crippen molar-refractivity contribution in [2.75, 3.05) is 26.4 Å². The maximum absolute atomic E-state index is 8.92. The molecule has 0 aliphatic carbocycles. The summed E-state index contributed by atoms with van der Waals surface area (Å²) in [7, 11) is 0. The molecule has 0 aliphatic rings. The summed E-state index contributed by atoms with van der Waals surface area (Å²) in [6.07, 6.45) is 5.57. The van der Waals surface area contributed by atoms with Crippen LogP contribution in [0.4, 0.5) is 0 Å². The van der Waals surface area contributed by atoms with Crippen LogP contribution in [0.3, 0.4) is 0 Å². The van der Waals surface area contributed by atoms with Gasteiger partial charge in [0.25, 0.3) is 0 Å². The van der Waals surface area contributed by atoms with Crippen molar-refractivity contribution in [3.63, 3.8) is 0 Å². The lowest BCUT2D eigenvalue weighted by atomic mass is 10.1. The first-order chi connectivity index (χ1) is 11.2. The Labute approximate surface area is 148 Å². The minimum absolute atomic E-state index is 0.0170. The van der Waals surface area contributed by atoms with Crippen molar-refractivity contribution in [3.05, 3.63) is 23.3 Å². The monoisotopic (exact) mass is 346 g/mol. The van der Waals surface area contributed by atoms with Crippen molar-refractivity contribution in [1.29, 1.82) is 0 Å². The van der Waals surface area contributed by atoms with Gasteiger partial charge in [0.1, 0.15) is 0 Å². The third kappa shape index (κ3) is 21.3. The predicted octanol–water partition coefficient (Wildman–Crippen LogP) is 2.84. The molecule has 0 aromatic carbocycles. The summed E-state index contributed by atoms with van der Waals surface area (Å²) in [6.45, 7) is 12.5. The Morgan fingerprint density at radius 3 is 1.96 bits per heavy atom. The highest BCUT2D eigenvalue weighted by Crippen LogP contribution is 2.05. The molecule has 0 radical (unpaired) electrons. The molecule has 0 aliphatic heterocycles. The molecule has 3 unspecified atom stereocenters. The van der Waals surface area contributed by atoms with E-state index < -0.39 is 6.10 Å². The minimum Gasteiger partial charge on any atom is -0.394 e. The predicted molar refractivity (Wildman–Crippen MR) is 99.1 cm³/mol. The number of aliphatic hydroxyl groups excluding tert-OH is 3. The van der Waals surface area contributed by atoms with Crippen LogP contribution in [0.5, 0.6) is 0 Å². The second-order valence-corrected chi connectivity index (χ2v) is 6.37. The summed E-state index contributed by atoms with van der Waals surface area (Å²) in [4.78, 5) is 0. The highest BCUT2D eigenvalue weighted by molar-refractivity contribution is 5.01. The molecule has 24 heavy (non-hydrogen) atoms. The number of ether oxygens (including phenoxy) is 2. The van der Waals surface area contributed by atoms with Crippen LogP contribution in [0.1, 0.15) is 54.4 Å². The van der Waals surface area contributed by atoms with Gasteiger partial charge in [-0.3, -0.25) is 0 Å². The Balaban J connectivity index is 0. The second kappa shape index (κ2) is 17.1. The fourth-order valence-electron chi connectivity index (χ4n) is 1.55. The third-order valence-electron chi connectivity index (χ3n) is 3.03. The molecule has 0 spiro atoms. The van der Waals surface area contributed by atoms with Crippen LogP contribution >= 0.6 is 0 Å². The lowest BCUT2D eigenvalue weighted by Gasteiger charge is -2.16. The largest absolute Gasteiger partial charge is 0.394 e. The van der Waals surface area contributed by atoms with Gasteiger partial charge in [0.2, 0.25) is 0 Å². The summed E-state index contributed by atoms with van der Waals surface area (Å²) in [5.41, 5.74) is 2.63. The fourth-order valence-corrected chi connectivity index (χ4v) is 1.55. The van der Waals surface area contributed by atoms with Gasteiger partial charge in [0, 0.05) is 0 Å². The van der Waals surface area contributed by atoms with Crippen LogP contribution in [0.15, 0.2) is 23.3 Å². The Morgan fingerprint density at radius 2 is 1.50 bits per heavy atom. The van der Waals surface area contributed by atoms with E-state index in [1.54, 1.807) is 13.8 Å². The Morgan fingerprint density at radius 1 is 0.917 bits per heavy atom. The summed E-state index contributed by atoms with van der Waals surface area (Å²) < 4.78 is 10.5. The van der Waals surface area contributed by atoms with E-state index in [1.165, 1.54) is 11.1 Å². The summed E-state index contributed by atoms with van der Waals surface area (Å²) in [6, 6.07) is 0. The van der Waals surface area contributed by atoms with E-state index in [0.29, 0.717) is 13.2 Å². The molecule has 5 heteroatoms. The van der Waals surface area contributed by atoms with Crippen LogP contribution in [0.2, 0.25) is 0 Å².